The fourth-order valence-electron chi connectivity index (χ4n) is 3.31. The Labute approximate surface area is 192 Å². The molecule has 34 heavy (non-hydrogen) atoms. The molecule has 0 saturated heterocycles. The molecule has 0 atom stereocenters. The number of aromatic nitrogens is 5. The van der Waals surface area contributed by atoms with E-state index in [0.29, 0.717) is 22.9 Å². The molecule has 0 aliphatic heterocycles. The smallest absolute Gasteiger partial charge is 0.270 e. The maximum atomic E-state index is 12.7. The van der Waals surface area contributed by atoms with Crippen LogP contribution in [-0.4, -0.2) is 38.1 Å². The van der Waals surface area contributed by atoms with Crippen LogP contribution in [0.3, 0.4) is 0 Å². The Morgan fingerprint density at radius 3 is 2.38 bits per heavy atom. The van der Waals surface area contributed by atoms with Gasteiger partial charge in [0.05, 0.1) is 15.5 Å². The van der Waals surface area contributed by atoms with Gasteiger partial charge < -0.3 is 0 Å². The second-order valence-corrected chi connectivity index (χ2v) is 8.87. The van der Waals surface area contributed by atoms with Crippen molar-refractivity contribution in [2.24, 2.45) is 0 Å². The second kappa shape index (κ2) is 8.33. The third-order valence-electron chi connectivity index (χ3n) is 4.97. The molecule has 0 aliphatic carbocycles. The summed E-state index contributed by atoms with van der Waals surface area (Å²) in [6.45, 7) is 0. The van der Waals surface area contributed by atoms with Gasteiger partial charge in [-0.05, 0) is 42.5 Å². The van der Waals surface area contributed by atoms with Crippen LogP contribution in [0, 0.1) is 10.1 Å². The average Bonchev–Trinajstić information content (AvgIpc) is 3.28. The summed E-state index contributed by atoms with van der Waals surface area (Å²) >= 11 is 0. The van der Waals surface area contributed by atoms with Gasteiger partial charge in [-0.2, -0.15) is 9.61 Å². The summed E-state index contributed by atoms with van der Waals surface area (Å²) in [7, 11) is -4.00. The highest BCUT2D eigenvalue weighted by Gasteiger charge is 2.18. The van der Waals surface area contributed by atoms with Gasteiger partial charge in [0.25, 0.3) is 15.7 Å². The molecule has 2 aromatic carbocycles. The highest BCUT2D eigenvalue weighted by Crippen LogP contribution is 2.24. The number of anilines is 1. The lowest BCUT2D eigenvalue weighted by atomic mass is 10.1. The molecule has 5 aromatic rings. The van der Waals surface area contributed by atoms with Gasteiger partial charge in [0.2, 0.25) is 0 Å². The lowest BCUT2D eigenvalue weighted by Gasteiger charge is -2.09. The number of nitrogens with one attached hydrogen (secondary N) is 1. The van der Waals surface area contributed by atoms with Crippen LogP contribution in [0.2, 0.25) is 0 Å². The maximum Gasteiger partial charge on any atom is 0.270 e. The molecule has 0 radical (unpaired) electrons. The van der Waals surface area contributed by atoms with Crippen molar-refractivity contribution in [2.45, 2.75) is 4.90 Å². The standard InChI is InChI=1S/C22H15N7O4S/c30-29(31)18-2-1-3-19(14-18)34(32,33)27-17-6-4-15(5-7-17)20-8-9-21-24-25-22(28(21)26-20)16-10-12-23-13-11-16/h1-14,27H. The minimum atomic E-state index is -4.00. The largest absolute Gasteiger partial charge is 0.280 e. The van der Waals surface area contributed by atoms with Crippen molar-refractivity contribution in [3.05, 3.63) is 95.3 Å². The van der Waals surface area contributed by atoms with Crippen molar-refractivity contribution in [3.8, 4) is 22.6 Å². The molecule has 0 unspecified atom stereocenters. The van der Waals surface area contributed by atoms with Crippen LogP contribution < -0.4 is 4.72 Å². The highest BCUT2D eigenvalue weighted by atomic mass is 32.2. The quantitative estimate of drug-likeness (QED) is 0.291. The van der Waals surface area contributed by atoms with Crippen molar-refractivity contribution in [3.63, 3.8) is 0 Å². The number of sulfonamides is 1. The minimum Gasteiger partial charge on any atom is -0.280 e. The highest BCUT2D eigenvalue weighted by molar-refractivity contribution is 7.92. The molecule has 0 aliphatic rings. The number of rotatable bonds is 6. The van der Waals surface area contributed by atoms with E-state index in [1.165, 1.54) is 18.2 Å². The zero-order chi connectivity index (χ0) is 23.7. The molecule has 3 aromatic heterocycles. The van der Waals surface area contributed by atoms with Gasteiger partial charge in [-0.1, -0.05) is 18.2 Å². The number of non-ortho nitro benzene ring substituents is 1. The predicted molar refractivity (Wildman–Crippen MR) is 123 cm³/mol. The molecular formula is C22H15N7O4S. The topological polar surface area (TPSA) is 145 Å². The van der Waals surface area contributed by atoms with Crippen LogP contribution in [0.25, 0.3) is 28.3 Å². The average molecular weight is 473 g/mol. The van der Waals surface area contributed by atoms with E-state index < -0.39 is 14.9 Å². The van der Waals surface area contributed by atoms with Crippen molar-refractivity contribution in [1.82, 2.24) is 24.8 Å². The van der Waals surface area contributed by atoms with E-state index in [1.807, 2.05) is 12.1 Å². The molecule has 0 saturated carbocycles. The number of hydrogen-bond donors (Lipinski definition) is 1. The summed E-state index contributed by atoms with van der Waals surface area (Å²) in [6.07, 6.45) is 3.32. The number of nitrogens with zero attached hydrogens (tertiary/aromatic N) is 6. The van der Waals surface area contributed by atoms with Crippen LogP contribution in [-0.2, 0) is 10.0 Å². The van der Waals surface area contributed by atoms with Gasteiger partial charge in [0, 0.05) is 41.3 Å². The second-order valence-electron chi connectivity index (χ2n) is 7.19. The number of pyridine rings is 1. The van der Waals surface area contributed by atoms with E-state index in [1.54, 1.807) is 53.3 Å². The molecule has 1 N–H and O–H groups in total. The molecule has 168 valence electrons. The first-order valence-corrected chi connectivity index (χ1v) is 11.4. The summed E-state index contributed by atoms with van der Waals surface area (Å²) in [5.74, 6) is 0.570. The molecule has 0 spiro atoms. The van der Waals surface area contributed by atoms with E-state index >= 15 is 0 Å². The zero-order valence-corrected chi connectivity index (χ0v) is 18.1. The van der Waals surface area contributed by atoms with Gasteiger partial charge in [0.1, 0.15) is 0 Å². The summed E-state index contributed by atoms with van der Waals surface area (Å²) in [5, 5.41) is 23.9. The molecule has 5 rings (SSSR count). The summed E-state index contributed by atoms with van der Waals surface area (Å²) in [5.41, 5.74) is 2.78. The summed E-state index contributed by atoms with van der Waals surface area (Å²) in [6, 6.07) is 18.7. The van der Waals surface area contributed by atoms with Crippen LogP contribution >= 0.6 is 0 Å². The first kappa shape index (κ1) is 21.2. The molecule has 12 heteroatoms. The lowest BCUT2D eigenvalue weighted by molar-refractivity contribution is -0.385. The molecular weight excluding hydrogens is 458 g/mol. The Hall–Kier alpha value is -4.71. The molecule has 0 bridgehead atoms. The van der Waals surface area contributed by atoms with Crippen LogP contribution in [0.1, 0.15) is 0 Å². The fourth-order valence-corrected chi connectivity index (χ4v) is 4.41. The van der Waals surface area contributed by atoms with Crippen molar-refractivity contribution < 1.29 is 13.3 Å². The summed E-state index contributed by atoms with van der Waals surface area (Å²) in [4.78, 5) is 14.1. The normalized spacial score (nSPS) is 11.4. The molecule has 0 fully saturated rings. The van der Waals surface area contributed by atoms with E-state index in [2.05, 4.69) is 25.0 Å². The van der Waals surface area contributed by atoms with Gasteiger partial charge in [-0.25, -0.2) is 8.42 Å². The third kappa shape index (κ3) is 4.04. The predicted octanol–water partition coefficient (Wildman–Crippen LogP) is 3.56. The van der Waals surface area contributed by atoms with Crippen molar-refractivity contribution >= 4 is 27.0 Å². The monoisotopic (exact) mass is 473 g/mol. The van der Waals surface area contributed by atoms with E-state index in [9.17, 15) is 18.5 Å². The maximum absolute atomic E-state index is 12.7. The molecule has 3 heterocycles. The van der Waals surface area contributed by atoms with Gasteiger partial charge >= 0.3 is 0 Å². The van der Waals surface area contributed by atoms with Gasteiger partial charge in [-0.3, -0.25) is 19.8 Å². The van der Waals surface area contributed by atoms with Crippen LogP contribution in [0.5, 0.6) is 0 Å². The van der Waals surface area contributed by atoms with Crippen LogP contribution in [0.4, 0.5) is 11.4 Å². The van der Waals surface area contributed by atoms with Crippen LogP contribution in [0.15, 0.2) is 90.1 Å². The third-order valence-corrected chi connectivity index (χ3v) is 6.35. The van der Waals surface area contributed by atoms with E-state index in [-0.39, 0.29) is 10.6 Å². The minimum absolute atomic E-state index is 0.200. The van der Waals surface area contributed by atoms with E-state index in [4.69, 9.17) is 0 Å². The Morgan fingerprint density at radius 1 is 0.882 bits per heavy atom. The Morgan fingerprint density at radius 2 is 1.65 bits per heavy atom. The first-order chi connectivity index (χ1) is 16.4. The fraction of sp³-hybridized carbons (Fsp3) is 0. The lowest BCUT2D eigenvalue weighted by Crippen LogP contribution is -2.13. The Kier molecular flexibility index (Phi) is 5.18. The van der Waals surface area contributed by atoms with Crippen molar-refractivity contribution in [2.75, 3.05) is 4.72 Å². The number of fused-ring (bicyclic) bond motifs is 1. The Balaban J connectivity index is 1.42. The van der Waals surface area contributed by atoms with Crippen molar-refractivity contribution in [1.29, 1.82) is 0 Å². The number of nitro groups is 1. The Bertz CT molecular complexity index is 1620. The molecule has 0 amide bonds. The number of hydrogen-bond acceptors (Lipinski definition) is 8. The zero-order valence-electron chi connectivity index (χ0n) is 17.3. The van der Waals surface area contributed by atoms with E-state index in [0.717, 1.165) is 17.2 Å². The number of nitro benzene ring substituents is 1. The first-order valence-electron chi connectivity index (χ1n) is 9.91. The summed E-state index contributed by atoms with van der Waals surface area (Å²) < 4.78 is 29.4. The SMILES string of the molecule is O=[N+]([O-])c1cccc(S(=O)(=O)Nc2ccc(-c3ccc4nnc(-c5ccncc5)n4n3)cc2)c1. The number of benzene rings is 2. The molecule has 11 nitrogen and oxygen atoms in total. The van der Waals surface area contributed by atoms with Gasteiger partial charge in [0.15, 0.2) is 11.5 Å². The van der Waals surface area contributed by atoms with Gasteiger partial charge in [-0.15, -0.1) is 10.2 Å².